The van der Waals surface area contributed by atoms with Crippen LogP contribution in [0.2, 0.25) is 0 Å². The SMILES string of the molecule is CN(C)C(F)(F)C(F)(F)C(F)C(F)(F)F. The van der Waals surface area contributed by atoms with Gasteiger partial charge in [-0.3, -0.25) is 0 Å². The average molecular weight is 245 g/mol. The van der Waals surface area contributed by atoms with Gasteiger partial charge >= 0.3 is 18.1 Å². The molecule has 0 N–H and O–H groups in total. The molecule has 92 valence electrons. The van der Waals surface area contributed by atoms with Gasteiger partial charge in [0.15, 0.2) is 0 Å². The summed E-state index contributed by atoms with van der Waals surface area (Å²) in [5, 5.41) is 0. The van der Waals surface area contributed by atoms with Crippen LogP contribution in [0.1, 0.15) is 0 Å². The van der Waals surface area contributed by atoms with Gasteiger partial charge in [-0.1, -0.05) is 0 Å². The van der Waals surface area contributed by atoms with Gasteiger partial charge in [0.1, 0.15) is 0 Å². The van der Waals surface area contributed by atoms with Crippen LogP contribution in [0.5, 0.6) is 0 Å². The summed E-state index contributed by atoms with van der Waals surface area (Å²) >= 11 is 0. The van der Waals surface area contributed by atoms with E-state index in [0.717, 1.165) is 0 Å². The van der Waals surface area contributed by atoms with Crippen molar-refractivity contribution in [3.63, 3.8) is 0 Å². The molecule has 0 aliphatic rings. The third-order valence-corrected chi connectivity index (χ3v) is 1.57. The standard InChI is InChI=1S/C6H7F8N/c1-15(2)6(13,14)4(8,9)3(7)5(10,11)12/h3H,1-2H3. The summed E-state index contributed by atoms with van der Waals surface area (Å²) in [5.41, 5.74) is 0. The van der Waals surface area contributed by atoms with Gasteiger partial charge in [0.25, 0.3) is 6.17 Å². The number of rotatable bonds is 3. The van der Waals surface area contributed by atoms with Crippen molar-refractivity contribution in [3.05, 3.63) is 0 Å². The number of halogens is 8. The van der Waals surface area contributed by atoms with Crippen molar-refractivity contribution in [2.24, 2.45) is 0 Å². The fraction of sp³-hybridized carbons (Fsp3) is 1.00. The smallest absolute Gasteiger partial charge is 0.245 e. The molecule has 0 saturated heterocycles. The van der Waals surface area contributed by atoms with Gasteiger partial charge in [-0.25, -0.2) is 9.29 Å². The van der Waals surface area contributed by atoms with Gasteiger partial charge in [0.05, 0.1) is 0 Å². The van der Waals surface area contributed by atoms with Crippen LogP contribution in [0.25, 0.3) is 0 Å². The van der Waals surface area contributed by atoms with Crippen LogP contribution in [-0.2, 0) is 0 Å². The van der Waals surface area contributed by atoms with Crippen LogP contribution < -0.4 is 0 Å². The van der Waals surface area contributed by atoms with Crippen molar-refractivity contribution in [2.45, 2.75) is 24.3 Å². The summed E-state index contributed by atoms with van der Waals surface area (Å²) in [6.45, 7) is 0. The van der Waals surface area contributed by atoms with Crippen LogP contribution >= 0.6 is 0 Å². The Hall–Kier alpha value is -0.600. The normalized spacial score (nSPS) is 17.0. The molecule has 0 amide bonds. The molecule has 0 bridgehead atoms. The molecular formula is C6H7F8N. The first kappa shape index (κ1) is 14.4. The Balaban J connectivity index is 5.14. The summed E-state index contributed by atoms with van der Waals surface area (Å²) in [7, 11) is 0.827. The van der Waals surface area contributed by atoms with E-state index in [1.165, 1.54) is 0 Å². The van der Waals surface area contributed by atoms with E-state index < -0.39 is 29.2 Å². The molecule has 0 heterocycles. The zero-order chi connectivity index (χ0) is 12.7. The molecule has 15 heavy (non-hydrogen) atoms. The molecule has 0 aromatic heterocycles. The second-order valence-corrected chi connectivity index (χ2v) is 2.96. The van der Waals surface area contributed by atoms with Gasteiger partial charge < -0.3 is 0 Å². The average Bonchev–Trinajstić information content (AvgIpc) is 2.00. The minimum absolute atomic E-state index is 0.414. The quantitative estimate of drug-likeness (QED) is 0.545. The predicted molar refractivity (Wildman–Crippen MR) is 34.5 cm³/mol. The molecule has 0 aliphatic heterocycles. The monoisotopic (exact) mass is 245 g/mol. The highest BCUT2D eigenvalue weighted by Gasteiger charge is 2.70. The van der Waals surface area contributed by atoms with Crippen LogP contribution in [0.3, 0.4) is 0 Å². The minimum atomic E-state index is -6.04. The fourth-order valence-electron chi connectivity index (χ4n) is 0.656. The molecule has 0 saturated carbocycles. The van der Waals surface area contributed by atoms with E-state index in [0.29, 0.717) is 14.1 Å². The number of hydrogen-bond acceptors (Lipinski definition) is 1. The first-order valence-corrected chi connectivity index (χ1v) is 3.49. The molecule has 0 aromatic carbocycles. The van der Waals surface area contributed by atoms with Crippen LogP contribution in [0.4, 0.5) is 35.1 Å². The lowest BCUT2D eigenvalue weighted by Gasteiger charge is -2.33. The Labute approximate surface area is 79.6 Å². The highest BCUT2D eigenvalue weighted by Crippen LogP contribution is 2.45. The van der Waals surface area contributed by atoms with Gasteiger partial charge in [-0.05, 0) is 14.1 Å². The van der Waals surface area contributed by atoms with Gasteiger partial charge in [-0.15, -0.1) is 0 Å². The second-order valence-electron chi connectivity index (χ2n) is 2.96. The van der Waals surface area contributed by atoms with Crippen molar-refractivity contribution in [1.29, 1.82) is 0 Å². The maximum absolute atomic E-state index is 12.5. The molecular weight excluding hydrogens is 238 g/mol. The molecule has 0 fully saturated rings. The highest BCUT2D eigenvalue weighted by atomic mass is 19.4. The molecule has 0 rings (SSSR count). The molecule has 0 radical (unpaired) electrons. The molecule has 9 heteroatoms. The third-order valence-electron chi connectivity index (χ3n) is 1.57. The number of nitrogens with zero attached hydrogens (tertiary/aromatic N) is 1. The van der Waals surface area contributed by atoms with E-state index in [1.54, 1.807) is 0 Å². The van der Waals surface area contributed by atoms with Crippen LogP contribution in [0, 0.1) is 0 Å². The van der Waals surface area contributed by atoms with Gasteiger partial charge in [0, 0.05) is 0 Å². The predicted octanol–water partition coefficient (Wildman–Crippen LogP) is 2.68. The van der Waals surface area contributed by atoms with Crippen molar-refractivity contribution in [1.82, 2.24) is 4.90 Å². The third kappa shape index (κ3) is 2.50. The Kier molecular flexibility index (Phi) is 3.61. The summed E-state index contributed by atoms with van der Waals surface area (Å²) in [6, 6.07) is -5.22. The lowest BCUT2D eigenvalue weighted by molar-refractivity contribution is -0.338. The second kappa shape index (κ2) is 3.76. The molecule has 0 aliphatic carbocycles. The first-order valence-electron chi connectivity index (χ1n) is 3.49. The van der Waals surface area contributed by atoms with E-state index in [9.17, 15) is 35.1 Å². The molecule has 1 nitrogen and oxygen atoms in total. The Morgan fingerprint density at radius 2 is 1.20 bits per heavy atom. The van der Waals surface area contributed by atoms with Crippen LogP contribution in [-0.4, -0.2) is 43.3 Å². The van der Waals surface area contributed by atoms with E-state index in [-0.39, 0.29) is 0 Å². The number of alkyl halides is 8. The largest absolute Gasteiger partial charge is 0.426 e. The highest BCUT2D eigenvalue weighted by molar-refractivity contribution is 4.92. The maximum atomic E-state index is 12.5. The first-order chi connectivity index (χ1) is 6.35. The zero-order valence-corrected chi connectivity index (χ0v) is 7.55. The Bertz CT molecular complexity index is 220. The molecule has 1 unspecified atom stereocenters. The number of hydrogen-bond donors (Lipinski definition) is 0. The molecule has 1 atom stereocenters. The lowest BCUT2D eigenvalue weighted by Crippen LogP contribution is -2.59. The minimum Gasteiger partial charge on any atom is -0.245 e. The van der Waals surface area contributed by atoms with E-state index >= 15 is 0 Å². The van der Waals surface area contributed by atoms with Crippen molar-refractivity contribution < 1.29 is 35.1 Å². The van der Waals surface area contributed by atoms with Crippen LogP contribution in [0.15, 0.2) is 0 Å². The summed E-state index contributed by atoms with van der Waals surface area (Å²) in [5.74, 6) is -5.84. The Morgan fingerprint density at radius 3 is 1.40 bits per heavy atom. The van der Waals surface area contributed by atoms with E-state index in [1.807, 2.05) is 0 Å². The van der Waals surface area contributed by atoms with Gasteiger partial charge in [-0.2, -0.15) is 30.7 Å². The van der Waals surface area contributed by atoms with Crippen molar-refractivity contribution in [2.75, 3.05) is 14.1 Å². The van der Waals surface area contributed by atoms with Crippen molar-refractivity contribution >= 4 is 0 Å². The molecule has 0 spiro atoms. The molecule has 0 aromatic rings. The van der Waals surface area contributed by atoms with E-state index in [4.69, 9.17) is 0 Å². The summed E-state index contributed by atoms with van der Waals surface area (Å²) < 4.78 is 96.7. The summed E-state index contributed by atoms with van der Waals surface area (Å²) in [4.78, 5) is -0.481. The topological polar surface area (TPSA) is 3.24 Å². The Morgan fingerprint density at radius 1 is 0.867 bits per heavy atom. The van der Waals surface area contributed by atoms with E-state index in [2.05, 4.69) is 0 Å². The maximum Gasteiger partial charge on any atom is 0.426 e. The fourth-order valence-corrected chi connectivity index (χ4v) is 0.656. The summed E-state index contributed by atoms with van der Waals surface area (Å²) in [6.07, 6.45) is -11.0. The lowest BCUT2D eigenvalue weighted by atomic mass is 10.1. The van der Waals surface area contributed by atoms with Crippen molar-refractivity contribution in [3.8, 4) is 0 Å². The van der Waals surface area contributed by atoms with Gasteiger partial charge in [0.2, 0.25) is 0 Å². The zero-order valence-electron chi connectivity index (χ0n) is 7.55.